The summed E-state index contributed by atoms with van der Waals surface area (Å²) in [5.41, 5.74) is 3.32. The quantitative estimate of drug-likeness (QED) is 0.443. The summed E-state index contributed by atoms with van der Waals surface area (Å²) < 4.78 is 28.2. The number of nitrogens with zero attached hydrogens (tertiary/aromatic N) is 3. The first-order chi connectivity index (χ1) is 14.0. The highest BCUT2D eigenvalue weighted by molar-refractivity contribution is 6.31. The normalized spacial score (nSPS) is 16.3. The van der Waals surface area contributed by atoms with Gasteiger partial charge in [-0.25, -0.2) is 18.7 Å². The Balaban J connectivity index is 1.73. The molecule has 3 heterocycles. The van der Waals surface area contributed by atoms with Crippen LogP contribution in [0.25, 0.3) is 10.9 Å². The number of halogens is 4. The van der Waals surface area contributed by atoms with Crippen molar-refractivity contribution in [2.75, 3.05) is 11.4 Å². The Labute approximate surface area is 175 Å². The number of hydrogen-bond donors (Lipinski definition) is 1. The molecule has 1 aliphatic heterocycles. The summed E-state index contributed by atoms with van der Waals surface area (Å²) in [6.45, 7) is 0.533. The Kier molecular flexibility index (Phi) is 4.41. The smallest absolute Gasteiger partial charge is 0.226 e. The lowest BCUT2D eigenvalue weighted by molar-refractivity contribution is 0.595. The largest absolute Gasteiger partial charge is 0.356 e. The van der Waals surface area contributed by atoms with E-state index in [-0.39, 0.29) is 11.1 Å². The number of H-pyrrole nitrogens is 1. The fraction of sp³-hybridized carbons (Fsp3) is 0.143. The van der Waals surface area contributed by atoms with Crippen LogP contribution >= 0.6 is 23.2 Å². The summed E-state index contributed by atoms with van der Waals surface area (Å²) in [6, 6.07) is 10.4. The van der Waals surface area contributed by atoms with Crippen molar-refractivity contribution >= 4 is 40.1 Å². The molecule has 8 heteroatoms. The second-order valence-corrected chi connectivity index (χ2v) is 7.74. The number of benzene rings is 2. The highest BCUT2D eigenvalue weighted by atomic mass is 35.5. The molecule has 0 amide bonds. The van der Waals surface area contributed by atoms with Gasteiger partial charge in [0.1, 0.15) is 0 Å². The van der Waals surface area contributed by atoms with E-state index >= 15 is 0 Å². The van der Waals surface area contributed by atoms with Crippen molar-refractivity contribution in [3.05, 3.63) is 87.3 Å². The van der Waals surface area contributed by atoms with E-state index in [0.29, 0.717) is 34.8 Å². The van der Waals surface area contributed by atoms with E-state index in [2.05, 4.69) is 15.0 Å². The predicted molar refractivity (Wildman–Crippen MR) is 110 cm³/mol. The van der Waals surface area contributed by atoms with Gasteiger partial charge >= 0.3 is 0 Å². The first-order valence-corrected chi connectivity index (χ1v) is 9.76. The molecule has 29 heavy (non-hydrogen) atoms. The molecule has 146 valence electrons. The Morgan fingerprint density at radius 3 is 2.45 bits per heavy atom. The van der Waals surface area contributed by atoms with Gasteiger partial charge in [-0.15, -0.1) is 0 Å². The molecular formula is C21H14Cl2F2N4. The first kappa shape index (κ1) is 18.3. The molecular weight excluding hydrogens is 417 g/mol. The zero-order chi connectivity index (χ0) is 20.1. The molecule has 0 fully saturated rings. The Bertz CT molecular complexity index is 1210. The van der Waals surface area contributed by atoms with Crippen LogP contribution in [0.2, 0.25) is 10.0 Å². The van der Waals surface area contributed by atoms with E-state index in [1.807, 2.05) is 17.0 Å². The second kappa shape index (κ2) is 6.97. The van der Waals surface area contributed by atoms with Crippen molar-refractivity contribution in [3.63, 3.8) is 0 Å². The maximum atomic E-state index is 14.8. The summed E-state index contributed by atoms with van der Waals surface area (Å²) in [6.07, 6.45) is 2.85. The fourth-order valence-corrected chi connectivity index (χ4v) is 4.26. The van der Waals surface area contributed by atoms with Gasteiger partial charge in [0.2, 0.25) is 5.95 Å². The van der Waals surface area contributed by atoms with Crippen LogP contribution < -0.4 is 4.90 Å². The number of hydrogen-bond acceptors (Lipinski definition) is 3. The van der Waals surface area contributed by atoms with Crippen LogP contribution in [-0.2, 0) is 6.42 Å². The van der Waals surface area contributed by atoms with E-state index in [9.17, 15) is 8.78 Å². The zero-order valence-electron chi connectivity index (χ0n) is 15.0. The minimum atomic E-state index is -0.503. The maximum Gasteiger partial charge on any atom is 0.226 e. The van der Waals surface area contributed by atoms with Crippen molar-refractivity contribution in [2.24, 2.45) is 0 Å². The summed E-state index contributed by atoms with van der Waals surface area (Å²) >= 11 is 12.1. The lowest BCUT2D eigenvalue weighted by Gasteiger charge is -2.36. The molecule has 2 aromatic heterocycles. The van der Waals surface area contributed by atoms with E-state index in [4.69, 9.17) is 23.2 Å². The summed E-state index contributed by atoms with van der Waals surface area (Å²) in [7, 11) is 0. The van der Waals surface area contributed by atoms with Crippen molar-refractivity contribution in [1.82, 2.24) is 15.0 Å². The summed E-state index contributed by atoms with van der Waals surface area (Å²) in [4.78, 5) is 13.6. The number of rotatable bonds is 2. The molecule has 4 nitrogen and oxygen atoms in total. The average molecular weight is 431 g/mol. The standard InChI is InChI=1S/C21H14Cl2F2N4/c22-12-3-1-11(2-4-12)20-19-14(17-16(28-19)6-5-15(23)18(17)25)7-8-29(20)21-26-9-13(24)10-27-21/h1-6,9-10,20,28H,7-8H2. The highest BCUT2D eigenvalue weighted by Gasteiger charge is 2.34. The minimum absolute atomic E-state index is 0.0895. The highest BCUT2D eigenvalue weighted by Crippen LogP contribution is 2.41. The van der Waals surface area contributed by atoms with Gasteiger partial charge in [-0.05, 0) is 41.8 Å². The van der Waals surface area contributed by atoms with Gasteiger partial charge in [0.25, 0.3) is 0 Å². The molecule has 0 radical (unpaired) electrons. The maximum absolute atomic E-state index is 14.8. The van der Waals surface area contributed by atoms with Gasteiger partial charge < -0.3 is 9.88 Å². The number of aromatic nitrogens is 3. The van der Waals surface area contributed by atoms with E-state index < -0.39 is 11.6 Å². The predicted octanol–water partition coefficient (Wildman–Crippen LogP) is 5.70. The monoisotopic (exact) mass is 430 g/mol. The van der Waals surface area contributed by atoms with Crippen LogP contribution in [-0.4, -0.2) is 21.5 Å². The van der Waals surface area contributed by atoms with Crippen LogP contribution in [0.15, 0.2) is 48.8 Å². The van der Waals surface area contributed by atoms with Crippen LogP contribution in [0.3, 0.4) is 0 Å². The topological polar surface area (TPSA) is 44.8 Å². The zero-order valence-corrected chi connectivity index (χ0v) is 16.5. The van der Waals surface area contributed by atoms with Gasteiger partial charge in [0.15, 0.2) is 11.6 Å². The third-order valence-electron chi connectivity index (χ3n) is 5.23. The summed E-state index contributed by atoms with van der Waals surface area (Å²) in [5.74, 6) is -0.533. The van der Waals surface area contributed by atoms with Crippen molar-refractivity contribution in [3.8, 4) is 0 Å². The van der Waals surface area contributed by atoms with Gasteiger partial charge in [-0.3, -0.25) is 0 Å². The molecule has 0 saturated carbocycles. The SMILES string of the molecule is Fc1cnc(N2CCc3c([nH]c4ccc(Cl)c(F)c34)C2c2ccc(Cl)cc2)nc1. The van der Waals surface area contributed by atoms with Crippen LogP contribution in [0.1, 0.15) is 22.9 Å². The molecule has 0 spiro atoms. The number of fused-ring (bicyclic) bond motifs is 3. The summed E-state index contributed by atoms with van der Waals surface area (Å²) in [5, 5.41) is 1.21. The average Bonchev–Trinajstić information content (AvgIpc) is 3.11. The lowest BCUT2D eigenvalue weighted by Crippen LogP contribution is -2.37. The fourth-order valence-electron chi connectivity index (χ4n) is 3.98. The third-order valence-corrected chi connectivity index (χ3v) is 5.77. The van der Waals surface area contributed by atoms with Gasteiger partial charge in [-0.1, -0.05) is 35.3 Å². The van der Waals surface area contributed by atoms with Gasteiger partial charge in [0.05, 0.1) is 23.5 Å². The van der Waals surface area contributed by atoms with Crippen LogP contribution in [0.4, 0.5) is 14.7 Å². The number of nitrogens with one attached hydrogen (secondary N) is 1. The van der Waals surface area contributed by atoms with Crippen LogP contribution in [0.5, 0.6) is 0 Å². The van der Waals surface area contributed by atoms with Crippen LogP contribution in [0, 0.1) is 11.6 Å². The number of aromatic amines is 1. The van der Waals surface area contributed by atoms with Crippen molar-refractivity contribution in [2.45, 2.75) is 12.5 Å². The van der Waals surface area contributed by atoms with Crippen molar-refractivity contribution in [1.29, 1.82) is 0 Å². The Morgan fingerprint density at radius 1 is 1.00 bits per heavy atom. The lowest BCUT2D eigenvalue weighted by atomic mass is 9.92. The molecule has 0 saturated heterocycles. The Morgan fingerprint density at radius 2 is 1.72 bits per heavy atom. The first-order valence-electron chi connectivity index (χ1n) is 9.01. The molecule has 1 aliphatic rings. The minimum Gasteiger partial charge on any atom is -0.356 e. The second-order valence-electron chi connectivity index (χ2n) is 6.90. The van der Waals surface area contributed by atoms with E-state index in [1.54, 1.807) is 24.3 Å². The molecule has 1 N–H and O–H groups in total. The van der Waals surface area contributed by atoms with Gasteiger partial charge in [0, 0.05) is 28.2 Å². The molecule has 0 bridgehead atoms. The molecule has 1 atom stereocenters. The molecule has 1 unspecified atom stereocenters. The molecule has 0 aliphatic carbocycles. The third kappa shape index (κ3) is 3.03. The molecule has 2 aromatic carbocycles. The molecule has 5 rings (SSSR count). The van der Waals surface area contributed by atoms with E-state index in [1.165, 1.54) is 0 Å². The van der Waals surface area contributed by atoms with Crippen molar-refractivity contribution < 1.29 is 8.78 Å². The molecule has 4 aromatic rings. The van der Waals surface area contributed by atoms with E-state index in [0.717, 1.165) is 29.2 Å². The van der Waals surface area contributed by atoms with Gasteiger partial charge in [-0.2, -0.15) is 0 Å². The number of anilines is 1. The Hall–Kier alpha value is -2.70.